The van der Waals surface area contributed by atoms with E-state index in [9.17, 15) is 22.8 Å². The van der Waals surface area contributed by atoms with Crippen LogP contribution in [0, 0.1) is 0 Å². The van der Waals surface area contributed by atoms with Crippen LogP contribution in [0.4, 0.5) is 13.2 Å². The number of carboxylic acid groups (broad SMARTS) is 1. The zero-order chi connectivity index (χ0) is 15.6. The lowest BCUT2D eigenvalue weighted by Gasteiger charge is -2.11. The number of nitrogens with one attached hydrogen (secondary N) is 1. The molecule has 5 nitrogen and oxygen atoms in total. The van der Waals surface area contributed by atoms with Crippen LogP contribution in [0.5, 0.6) is 0 Å². The lowest BCUT2D eigenvalue weighted by atomic mass is 10.1. The third-order valence-electron chi connectivity index (χ3n) is 2.39. The van der Waals surface area contributed by atoms with Gasteiger partial charge in [0.2, 0.25) is 0 Å². The Morgan fingerprint density at radius 2 is 2.00 bits per heavy atom. The summed E-state index contributed by atoms with van der Waals surface area (Å²) < 4.78 is 38.1. The van der Waals surface area contributed by atoms with Crippen LogP contribution in [0.1, 0.15) is 15.9 Å². The van der Waals surface area contributed by atoms with Gasteiger partial charge in [0.05, 0.1) is 11.1 Å². The standard InChI is InChI=1S/C12H7F3N2O3S/c13-12(14,15)8-2-1-6(5-7(8)10(19)20)21-11-16-4-3-9(18)17-11/h1-5H,(H,19,20)(H,16,17,18). The molecule has 0 fully saturated rings. The smallest absolute Gasteiger partial charge is 0.417 e. The molecule has 0 aliphatic rings. The van der Waals surface area contributed by atoms with Crippen LogP contribution in [-0.4, -0.2) is 21.0 Å². The maximum atomic E-state index is 12.7. The quantitative estimate of drug-likeness (QED) is 0.851. The van der Waals surface area contributed by atoms with Crippen LogP contribution in [0.2, 0.25) is 0 Å². The summed E-state index contributed by atoms with van der Waals surface area (Å²) in [5, 5.41) is 9.03. The van der Waals surface area contributed by atoms with Crippen molar-refractivity contribution in [1.29, 1.82) is 0 Å². The Hall–Kier alpha value is -2.29. The maximum absolute atomic E-state index is 12.7. The topological polar surface area (TPSA) is 83.0 Å². The van der Waals surface area contributed by atoms with Crippen molar-refractivity contribution >= 4 is 17.7 Å². The van der Waals surface area contributed by atoms with Crippen LogP contribution in [0.15, 0.2) is 45.3 Å². The third kappa shape index (κ3) is 3.63. The highest BCUT2D eigenvalue weighted by Crippen LogP contribution is 2.35. The van der Waals surface area contributed by atoms with E-state index in [1.165, 1.54) is 12.3 Å². The minimum absolute atomic E-state index is 0.151. The third-order valence-corrected chi connectivity index (χ3v) is 3.28. The van der Waals surface area contributed by atoms with Crippen molar-refractivity contribution in [3.63, 3.8) is 0 Å². The average molecular weight is 316 g/mol. The van der Waals surface area contributed by atoms with E-state index in [0.29, 0.717) is 6.07 Å². The predicted octanol–water partition coefficient (Wildman–Crippen LogP) is 2.64. The second-order valence-corrected chi connectivity index (χ2v) is 4.91. The van der Waals surface area contributed by atoms with Crippen molar-refractivity contribution in [2.45, 2.75) is 16.2 Å². The second kappa shape index (κ2) is 5.60. The monoisotopic (exact) mass is 316 g/mol. The molecule has 2 aromatic rings. The molecular formula is C12H7F3N2O3S. The number of carboxylic acids is 1. The van der Waals surface area contributed by atoms with E-state index in [4.69, 9.17) is 5.11 Å². The van der Waals surface area contributed by atoms with Crippen LogP contribution >= 0.6 is 11.8 Å². The van der Waals surface area contributed by atoms with Gasteiger partial charge in [0.15, 0.2) is 5.16 Å². The molecular weight excluding hydrogens is 309 g/mol. The lowest BCUT2D eigenvalue weighted by Crippen LogP contribution is -2.13. The summed E-state index contributed by atoms with van der Waals surface area (Å²) in [5.41, 5.74) is -2.50. The molecule has 0 atom stereocenters. The highest BCUT2D eigenvalue weighted by atomic mass is 32.2. The summed E-state index contributed by atoms with van der Waals surface area (Å²) >= 11 is 0.855. The normalized spacial score (nSPS) is 11.4. The summed E-state index contributed by atoms with van der Waals surface area (Å²) in [4.78, 5) is 28.4. The number of hydrogen-bond acceptors (Lipinski definition) is 4. The summed E-state index contributed by atoms with van der Waals surface area (Å²) in [7, 11) is 0. The molecule has 0 amide bonds. The predicted molar refractivity (Wildman–Crippen MR) is 67.4 cm³/mol. The summed E-state index contributed by atoms with van der Waals surface area (Å²) in [5.74, 6) is -1.68. The number of hydrogen-bond donors (Lipinski definition) is 2. The highest BCUT2D eigenvalue weighted by Gasteiger charge is 2.35. The molecule has 9 heteroatoms. The van der Waals surface area contributed by atoms with Gasteiger partial charge >= 0.3 is 12.1 Å². The Labute approximate surface area is 119 Å². The van der Waals surface area contributed by atoms with Crippen molar-refractivity contribution in [1.82, 2.24) is 9.97 Å². The molecule has 0 bridgehead atoms. The Bertz CT molecular complexity index is 743. The largest absolute Gasteiger partial charge is 0.478 e. The highest BCUT2D eigenvalue weighted by molar-refractivity contribution is 7.99. The number of aromatic carboxylic acids is 1. The van der Waals surface area contributed by atoms with Gasteiger partial charge in [-0.1, -0.05) is 11.8 Å². The van der Waals surface area contributed by atoms with E-state index < -0.39 is 28.8 Å². The summed E-state index contributed by atoms with van der Waals surface area (Å²) in [6.07, 6.45) is -3.51. The number of aromatic amines is 1. The zero-order valence-corrected chi connectivity index (χ0v) is 11.0. The summed E-state index contributed by atoms with van der Waals surface area (Å²) in [6.45, 7) is 0. The molecule has 1 aromatic heterocycles. The van der Waals surface area contributed by atoms with E-state index in [1.54, 1.807) is 0 Å². The summed E-state index contributed by atoms with van der Waals surface area (Å²) in [6, 6.07) is 3.88. The second-order valence-electron chi connectivity index (χ2n) is 3.85. The molecule has 0 radical (unpaired) electrons. The molecule has 0 saturated carbocycles. The van der Waals surface area contributed by atoms with Gasteiger partial charge in [0.1, 0.15) is 0 Å². The number of nitrogens with zero attached hydrogens (tertiary/aromatic N) is 1. The van der Waals surface area contributed by atoms with Crippen LogP contribution < -0.4 is 5.56 Å². The van der Waals surface area contributed by atoms with Gasteiger partial charge in [-0.15, -0.1) is 0 Å². The molecule has 2 N–H and O–H groups in total. The number of alkyl halides is 3. The van der Waals surface area contributed by atoms with Gasteiger partial charge in [0.25, 0.3) is 5.56 Å². The average Bonchev–Trinajstić information content (AvgIpc) is 2.37. The minimum atomic E-state index is -4.75. The number of rotatable bonds is 3. The van der Waals surface area contributed by atoms with Gasteiger partial charge < -0.3 is 10.1 Å². The van der Waals surface area contributed by atoms with Crippen molar-refractivity contribution in [3.8, 4) is 0 Å². The van der Waals surface area contributed by atoms with E-state index in [2.05, 4.69) is 9.97 Å². The maximum Gasteiger partial charge on any atom is 0.417 e. The molecule has 110 valence electrons. The Morgan fingerprint density at radius 1 is 1.29 bits per heavy atom. The molecule has 0 aliphatic heterocycles. The Kier molecular flexibility index (Phi) is 4.03. The van der Waals surface area contributed by atoms with Gasteiger partial charge in [-0.3, -0.25) is 4.79 Å². The fourth-order valence-electron chi connectivity index (χ4n) is 1.53. The molecule has 1 aromatic carbocycles. The lowest BCUT2D eigenvalue weighted by molar-refractivity contribution is -0.138. The van der Waals surface area contributed by atoms with E-state index in [0.717, 1.165) is 23.9 Å². The van der Waals surface area contributed by atoms with Gasteiger partial charge in [0, 0.05) is 17.2 Å². The van der Waals surface area contributed by atoms with Crippen molar-refractivity contribution in [2.75, 3.05) is 0 Å². The van der Waals surface area contributed by atoms with Gasteiger partial charge in [-0.2, -0.15) is 13.2 Å². The molecule has 1 heterocycles. The molecule has 0 saturated heterocycles. The molecule has 0 spiro atoms. The molecule has 0 unspecified atom stereocenters. The van der Waals surface area contributed by atoms with E-state index in [1.807, 2.05) is 0 Å². The van der Waals surface area contributed by atoms with Gasteiger partial charge in [-0.05, 0) is 18.2 Å². The van der Waals surface area contributed by atoms with Crippen LogP contribution in [0.3, 0.4) is 0 Å². The Morgan fingerprint density at radius 3 is 2.57 bits per heavy atom. The van der Waals surface area contributed by atoms with Crippen molar-refractivity contribution in [2.24, 2.45) is 0 Å². The number of halogens is 3. The minimum Gasteiger partial charge on any atom is -0.478 e. The first-order valence-electron chi connectivity index (χ1n) is 5.45. The SMILES string of the molecule is O=C(O)c1cc(Sc2nccc(=O)[nH]2)ccc1C(F)(F)F. The first kappa shape index (κ1) is 15.1. The zero-order valence-electron chi connectivity index (χ0n) is 10.1. The molecule has 21 heavy (non-hydrogen) atoms. The van der Waals surface area contributed by atoms with E-state index in [-0.39, 0.29) is 10.1 Å². The fraction of sp³-hybridized carbons (Fsp3) is 0.0833. The van der Waals surface area contributed by atoms with Crippen molar-refractivity contribution in [3.05, 3.63) is 51.9 Å². The fourth-order valence-corrected chi connectivity index (χ4v) is 2.33. The first-order chi connectivity index (χ1) is 9.77. The number of H-pyrrole nitrogens is 1. The van der Waals surface area contributed by atoms with Crippen LogP contribution in [0.25, 0.3) is 0 Å². The van der Waals surface area contributed by atoms with Gasteiger partial charge in [-0.25, -0.2) is 9.78 Å². The van der Waals surface area contributed by atoms with Crippen molar-refractivity contribution < 1.29 is 23.1 Å². The first-order valence-corrected chi connectivity index (χ1v) is 6.27. The molecule has 0 aliphatic carbocycles. The number of carbonyl (C=O) groups is 1. The van der Waals surface area contributed by atoms with E-state index >= 15 is 0 Å². The Balaban J connectivity index is 2.41. The number of aromatic nitrogens is 2. The molecule has 2 rings (SSSR count). The number of benzene rings is 1. The van der Waals surface area contributed by atoms with Crippen LogP contribution in [-0.2, 0) is 6.18 Å².